The maximum atomic E-state index is 13.3. The largest absolute Gasteiger partial charge is 0.350 e. The van der Waals surface area contributed by atoms with Gasteiger partial charge in [-0.1, -0.05) is 0 Å². The topological polar surface area (TPSA) is 59.8 Å². The Hall–Kier alpha value is -3.54. The Balaban J connectivity index is 1.62. The first-order chi connectivity index (χ1) is 13.2. The van der Waals surface area contributed by atoms with E-state index in [0.29, 0.717) is 6.54 Å². The molecule has 5 nitrogen and oxygen atoms in total. The van der Waals surface area contributed by atoms with Crippen molar-refractivity contribution in [3.8, 4) is 11.3 Å². The molecule has 3 heterocycles. The average Bonchev–Trinajstić information content (AvgIpc) is 3.06. The Morgan fingerprint density at radius 2 is 1.81 bits per heavy atom. The molecule has 134 valence electrons. The van der Waals surface area contributed by atoms with Crippen LogP contribution in [0.5, 0.6) is 0 Å². The van der Waals surface area contributed by atoms with Crippen LogP contribution >= 0.6 is 0 Å². The summed E-state index contributed by atoms with van der Waals surface area (Å²) in [6.07, 6.45) is 5.08. The van der Waals surface area contributed by atoms with Crippen LogP contribution in [0.2, 0.25) is 0 Å². The number of nitrogens with one attached hydrogen (secondary N) is 1. The highest BCUT2D eigenvalue weighted by atomic mass is 19.1. The molecule has 0 aliphatic heterocycles. The molecule has 0 spiro atoms. The molecule has 0 aliphatic carbocycles. The van der Waals surface area contributed by atoms with E-state index in [1.807, 2.05) is 34.9 Å². The van der Waals surface area contributed by atoms with Gasteiger partial charge in [0.05, 0.1) is 5.69 Å². The van der Waals surface area contributed by atoms with E-state index in [-0.39, 0.29) is 18.3 Å². The molecule has 0 bridgehead atoms. The summed E-state index contributed by atoms with van der Waals surface area (Å²) in [4.78, 5) is 20.9. The molecule has 0 aliphatic rings. The molecule has 4 rings (SSSR count). The summed E-state index contributed by atoms with van der Waals surface area (Å²) >= 11 is 0. The van der Waals surface area contributed by atoms with E-state index in [2.05, 4.69) is 15.3 Å². The number of carbonyl (C=O) groups excluding carboxylic acids is 1. The molecule has 0 unspecified atom stereocenters. The van der Waals surface area contributed by atoms with Crippen LogP contribution in [0, 0.1) is 5.82 Å². The van der Waals surface area contributed by atoms with Crippen molar-refractivity contribution in [3.63, 3.8) is 0 Å². The van der Waals surface area contributed by atoms with Gasteiger partial charge in [-0.05, 0) is 65.7 Å². The number of hydrogen-bond acceptors (Lipinski definition) is 3. The van der Waals surface area contributed by atoms with Crippen molar-refractivity contribution < 1.29 is 9.18 Å². The van der Waals surface area contributed by atoms with Crippen LogP contribution in [-0.2, 0) is 17.9 Å². The fourth-order valence-corrected chi connectivity index (χ4v) is 3.01. The monoisotopic (exact) mass is 360 g/mol. The number of aromatic nitrogens is 3. The van der Waals surface area contributed by atoms with Crippen molar-refractivity contribution >= 4 is 16.9 Å². The van der Waals surface area contributed by atoms with Gasteiger partial charge in [-0.25, -0.2) is 9.37 Å². The zero-order chi connectivity index (χ0) is 18.6. The number of rotatable bonds is 5. The smallest absolute Gasteiger partial charge is 0.240 e. The van der Waals surface area contributed by atoms with Gasteiger partial charge >= 0.3 is 0 Å². The van der Waals surface area contributed by atoms with Crippen molar-refractivity contribution in [1.82, 2.24) is 19.9 Å². The van der Waals surface area contributed by atoms with Crippen molar-refractivity contribution in [2.75, 3.05) is 0 Å². The van der Waals surface area contributed by atoms with E-state index in [1.54, 1.807) is 30.7 Å². The number of nitrogens with zero attached hydrogens (tertiary/aromatic N) is 3. The highest BCUT2D eigenvalue weighted by Gasteiger charge is 2.14. The molecule has 1 amide bonds. The van der Waals surface area contributed by atoms with Crippen molar-refractivity contribution in [3.05, 3.63) is 84.6 Å². The maximum absolute atomic E-state index is 13.3. The summed E-state index contributed by atoms with van der Waals surface area (Å²) in [5, 5.41) is 3.84. The summed E-state index contributed by atoms with van der Waals surface area (Å²) in [7, 11) is 0. The van der Waals surface area contributed by atoms with Gasteiger partial charge in [0.2, 0.25) is 5.91 Å². The third-order valence-corrected chi connectivity index (χ3v) is 4.34. The second-order valence-electron chi connectivity index (χ2n) is 6.17. The second kappa shape index (κ2) is 7.37. The van der Waals surface area contributed by atoms with E-state index in [1.165, 1.54) is 12.1 Å². The molecule has 1 N–H and O–H groups in total. The van der Waals surface area contributed by atoms with E-state index in [0.717, 1.165) is 27.9 Å². The quantitative estimate of drug-likeness (QED) is 0.592. The molecule has 0 saturated heterocycles. The molecule has 0 fully saturated rings. The molecule has 3 aromatic heterocycles. The highest BCUT2D eigenvalue weighted by Crippen LogP contribution is 2.27. The fourth-order valence-electron chi connectivity index (χ4n) is 3.01. The lowest BCUT2D eigenvalue weighted by Crippen LogP contribution is -2.27. The summed E-state index contributed by atoms with van der Waals surface area (Å²) in [6.45, 7) is 0.554. The standard InChI is InChI=1S/C21H17FN4O/c22-18-5-3-16(4-6-18)19-12-17-2-1-9-24-21(17)26(19)14-20(27)25-13-15-7-10-23-11-8-15/h1-12H,13-14H2,(H,25,27). The third-order valence-electron chi connectivity index (χ3n) is 4.34. The maximum Gasteiger partial charge on any atom is 0.240 e. The average molecular weight is 360 g/mol. The minimum atomic E-state index is -0.297. The van der Waals surface area contributed by atoms with E-state index >= 15 is 0 Å². The van der Waals surface area contributed by atoms with Gasteiger partial charge in [-0.3, -0.25) is 9.78 Å². The van der Waals surface area contributed by atoms with Crippen molar-refractivity contribution in [2.24, 2.45) is 0 Å². The Kier molecular flexibility index (Phi) is 4.61. The lowest BCUT2D eigenvalue weighted by Gasteiger charge is -2.11. The number of fused-ring (bicyclic) bond motifs is 1. The first-order valence-electron chi connectivity index (χ1n) is 8.56. The molecule has 4 aromatic rings. The van der Waals surface area contributed by atoms with E-state index < -0.39 is 0 Å². The summed E-state index contributed by atoms with van der Waals surface area (Å²) < 4.78 is 15.1. The van der Waals surface area contributed by atoms with Gasteiger partial charge in [0.15, 0.2) is 0 Å². The minimum Gasteiger partial charge on any atom is -0.350 e. The summed E-state index contributed by atoms with van der Waals surface area (Å²) in [5.41, 5.74) is 3.35. The third kappa shape index (κ3) is 3.69. The summed E-state index contributed by atoms with van der Waals surface area (Å²) in [5.74, 6) is -0.423. The van der Waals surface area contributed by atoms with Crippen molar-refractivity contribution in [2.45, 2.75) is 13.1 Å². The van der Waals surface area contributed by atoms with Crippen LogP contribution in [0.4, 0.5) is 4.39 Å². The Morgan fingerprint density at radius 1 is 1.04 bits per heavy atom. The SMILES string of the molecule is O=C(Cn1c(-c2ccc(F)cc2)cc2cccnc21)NCc1ccncc1. The lowest BCUT2D eigenvalue weighted by molar-refractivity contribution is -0.121. The van der Waals surface area contributed by atoms with Crippen LogP contribution < -0.4 is 5.32 Å². The van der Waals surface area contributed by atoms with Gasteiger partial charge in [-0.15, -0.1) is 0 Å². The minimum absolute atomic E-state index is 0.123. The Bertz CT molecular complexity index is 1070. The molecule has 27 heavy (non-hydrogen) atoms. The lowest BCUT2D eigenvalue weighted by atomic mass is 10.1. The molecular formula is C21H17FN4O. The fraction of sp³-hybridized carbons (Fsp3) is 0.0952. The predicted octanol–water partition coefficient (Wildman–Crippen LogP) is 3.55. The number of halogens is 1. The molecule has 0 atom stereocenters. The van der Waals surface area contributed by atoms with Crippen LogP contribution in [0.1, 0.15) is 5.56 Å². The zero-order valence-electron chi connectivity index (χ0n) is 14.5. The van der Waals surface area contributed by atoms with Gasteiger partial charge < -0.3 is 9.88 Å². The Labute approximate surface area is 155 Å². The normalized spacial score (nSPS) is 10.9. The van der Waals surface area contributed by atoms with Gasteiger partial charge in [0.1, 0.15) is 18.0 Å². The Morgan fingerprint density at radius 3 is 2.59 bits per heavy atom. The number of benzene rings is 1. The number of pyridine rings is 2. The highest BCUT2D eigenvalue weighted by molar-refractivity contribution is 5.87. The first kappa shape index (κ1) is 16.9. The number of carbonyl (C=O) groups is 1. The number of hydrogen-bond donors (Lipinski definition) is 1. The van der Waals surface area contributed by atoms with E-state index in [4.69, 9.17) is 0 Å². The van der Waals surface area contributed by atoms with Crippen molar-refractivity contribution in [1.29, 1.82) is 0 Å². The molecular weight excluding hydrogens is 343 g/mol. The van der Waals surface area contributed by atoms with Gasteiger partial charge in [0.25, 0.3) is 0 Å². The molecule has 1 aromatic carbocycles. The van der Waals surface area contributed by atoms with Crippen LogP contribution in [0.25, 0.3) is 22.3 Å². The molecule has 0 radical (unpaired) electrons. The second-order valence-corrected chi connectivity index (χ2v) is 6.17. The van der Waals surface area contributed by atoms with Crippen LogP contribution in [0.15, 0.2) is 73.2 Å². The van der Waals surface area contributed by atoms with Gasteiger partial charge in [-0.2, -0.15) is 0 Å². The first-order valence-corrected chi connectivity index (χ1v) is 8.56. The van der Waals surface area contributed by atoms with E-state index in [9.17, 15) is 9.18 Å². The molecule has 6 heteroatoms. The van der Waals surface area contributed by atoms with Crippen LogP contribution in [0.3, 0.4) is 0 Å². The molecule has 0 saturated carbocycles. The zero-order valence-corrected chi connectivity index (χ0v) is 14.5. The number of amides is 1. The summed E-state index contributed by atoms with van der Waals surface area (Å²) in [6, 6.07) is 15.7. The van der Waals surface area contributed by atoms with Crippen LogP contribution in [-0.4, -0.2) is 20.4 Å². The predicted molar refractivity (Wildman–Crippen MR) is 101 cm³/mol. The van der Waals surface area contributed by atoms with Gasteiger partial charge in [0, 0.05) is 30.5 Å².